The van der Waals surface area contributed by atoms with E-state index < -0.39 is 0 Å². The van der Waals surface area contributed by atoms with Crippen LogP contribution in [0.1, 0.15) is 37.8 Å². The van der Waals surface area contributed by atoms with E-state index >= 15 is 0 Å². The Morgan fingerprint density at radius 3 is 2.75 bits per heavy atom. The van der Waals surface area contributed by atoms with Crippen LogP contribution in [-0.4, -0.2) is 24.1 Å². The molecule has 0 spiro atoms. The molecule has 0 bridgehead atoms. The van der Waals surface area contributed by atoms with Crippen LogP contribution in [-0.2, 0) is 4.79 Å². The Bertz CT molecular complexity index is 1000. The Morgan fingerprint density at radius 1 is 1.25 bits per heavy atom. The molecule has 0 saturated heterocycles. The number of benzene rings is 2. The number of halogens is 1. The molecule has 1 heterocycles. The number of aromatic nitrogens is 1. The zero-order valence-electron chi connectivity index (χ0n) is 16.3. The standard InChI is InChI=1S/C21H23ClN2O3S/c1-5-26-14-6-7-17-19(9-14)28-21(23-17)24-20(25)11-27-18-8-13(4)16(22)10-15(18)12(2)3/h6-10,12H,5,11H2,1-4H3,(H,23,24,25). The fourth-order valence-electron chi connectivity index (χ4n) is 2.76. The summed E-state index contributed by atoms with van der Waals surface area (Å²) in [7, 11) is 0. The molecular weight excluding hydrogens is 396 g/mol. The van der Waals surface area contributed by atoms with Crippen LogP contribution < -0.4 is 14.8 Å². The number of nitrogens with one attached hydrogen (secondary N) is 1. The highest BCUT2D eigenvalue weighted by Crippen LogP contribution is 2.32. The van der Waals surface area contributed by atoms with E-state index in [2.05, 4.69) is 24.1 Å². The Labute approximate surface area is 173 Å². The van der Waals surface area contributed by atoms with Crippen LogP contribution in [0, 0.1) is 6.92 Å². The zero-order chi connectivity index (χ0) is 20.3. The zero-order valence-corrected chi connectivity index (χ0v) is 17.9. The lowest BCUT2D eigenvalue weighted by Crippen LogP contribution is -2.20. The Balaban J connectivity index is 1.68. The monoisotopic (exact) mass is 418 g/mol. The number of amides is 1. The lowest BCUT2D eigenvalue weighted by atomic mass is 10.0. The van der Waals surface area contributed by atoms with Gasteiger partial charge in [-0.25, -0.2) is 4.98 Å². The maximum Gasteiger partial charge on any atom is 0.264 e. The van der Waals surface area contributed by atoms with Gasteiger partial charge in [-0.15, -0.1) is 0 Å². The highest BCUT2D eigenvalue weighted by molar-refractivity contribution is 7.22. The smallest absolute Gasteiger partial charge is 0.264 e. The minimum Gasteiger partial charge on any atom is -0.494 e. The van der Waals surface area contributed by atoms with Gasteiger partial charge < -0.3 is 9.47 Å². The molecule has 1 N–H and O–H groups in total. The molecule has 0 unspecified atom stereocenters. The SMILES string of the molecule is CCOc1ccc2nc(NC(=O)COc3cc(C)c(Cl)cc3C(C)C)sc2c1. The molecule has 0 radical (unpaired) electrons. The largest absolute Gasteiger partial charge is 0.494 e. The van der Waals surface area contributed by atoms with Gasteiger partial charge in [0.1, 0.15) is 11.5 Å². The van der Waals surface area contributed by atoms with E-state index in [-0.39, 0.29) is 18.4 Å². The van der Waals surface area contributed by atoms with Crippen molar-refractivity contribution in [3.05, 3.63) is 46.5 Å². The first-order valence-electron chi connectivity index (χ1n) is 9.13. The van der Waals surface area contributed by atoms with E-state index in [4.69, 9.17) is 21.1 Å². The van der Waals surface area contributed by atoms with Crippen molar-refractivity contribution >= 4 is 44.2 Å². The van der Waals surface area contributed by atoms with Crippen molar-refractivity contribution in [2.24, 2.45) is 0 Å². The first-order chi connectivity index (χ1) is 13.4. The molecule has 3 rings (SSSR count). The topological polar surface area (TPSA) is 60.5 Å². The van der Waals surface area contributed by atoms with Crippen LogP contribution in [0.25, 0.3) is 10.2 Å². The minimum atomic E-state index is -0.258. The van der Waals surface area contributed by atoms with Crippen molar-refractivity contribution < 1.29 is 14.3 Å². The van der Waals surface area contributed by atoms with Crippen molar-refractivity contribution in [1.82, 2.24) is 4.98 Å². The quantitative estimate of drug-likeness (QED) is 0.526. The molecule has 0 atom stereocenters. The number of hydrogen-bond acceptors (Lipinski definition) is 5. The summed E-state index contributed by atoms with van der Waals surface area (Å²) < 4.78 is 12.2. The van der Waals surface area contributed by atoms with Gasteiger partial charge in [-0.2, -0.15) is 0 Å². The third-order valence-electron chi connectivity index (χ3n) is 4.19. The first kappa shape index (κ1) is 20.4. The van der Waals surface area contributed by atoms with E-state index in [9.17, 15) is 4.79 Å². The molecule has 28 heavy (non-hydrogen) atoms. The van der Waals surface area contributed by atoms with E-state index in [1.165, 1.54) is 11.3 Å². The van der Waals surface area contributed by atoms with Gasteiger partial charge >= 0.3 is 0 Å². The van der Waals surface area contributed by atoms with Gasteiger partial charge in [-0.3, -0.25) is 10.1 Å². The Morgan fingerprint density at radius 2 is 2.04 bits per heavy atom. The Kier molecular flexibility index (Phi) is 6.42. The van der Waals surface area contributed by atoms with Crippen molar-refractivity contribution in [2.75, 3.05) is 18.5 Å². The predicted octanol–water partition coefficient (Wildman–Crippen LogP) is 5.80. The lowest BCUT2D eigenvalue weighted by molar-refractivity contribution is -0.118. The normalized spacial score (nSPS) is 11.1. The summed E-state index contributed by atoms with van der Waals surface area (Å²) in [5.74, 6) is 1.45. The summed E-state index contributed by atoms with van der Waals surface area (Å²) in [6.07, 6.45) is 0. The van der Waals surface area contributed by atoms with Crippen molar-refractivity contribution in [3.8, 4) is 11.5 Å². The van der Waals surface area contributed by atoms with Gasteiger partial charge in [0, 0.05) is 5.02 Å². The summed E-state index contributed by atoms with van der Waals surface area (Å²) in [6, 6.07) is 9.45. The van der Waals surface area contributed by atoms with Crippen molar-refractivity contribution in [1.29, 1.82) is 0 Å². The maximum atomic E-state index is 12.3. The fraction of sp³-hybridized carbons (Fsp3) is 0.333. The summed E-state index contributed by atoms with van der Waals surface area (Å²) in [5, 5.41) is 4.04. The van der Waals surface area contributed by atoms with Gasteiger partial charge in [-0.1, -0.05) is 36.8 Å². The summed E-state index contributed by atoms with van der Waals surface area (Å²) in [6.45, 7) is 8.48. The molecule has 1 amide bonds. The highest BCUT2D eigenvalue weighted by atomic mass is 35.5. The number of nitrogens with zero attached hydrogens (tertiary/aromatic N) is 1. The maximum absolute atomic E-state index is 12.3. The second-order valence-corrected chi connectivity index (χ2v) is 8.15. The summed E-state index contributed by atoms with van der Waals surface area (Å²) in [5.41, 5.74) is 2.71. The van der Waals surface area contributed by atoms with Gasteiger partial charge in [0.2, 0.25) is 0 Å². The second kappa shape index (κ2) is 8.80. The van der Waals surface area contributed by atoms with Gasteiger partial charge in [0.25, 0.3) is 5.91 Å². The molecule has 0 saturated carbocycles. The van der Waals surface area contributed by atoms with Crippen LogP contribution in [0.5, 0.6) is 11.5 Å². The lowest BCUT2D eigenvalue weighted by Gasteiger charge is -2.15. The van der Waals surface area contributed by atoms with E-state index in [1.54, 1.807) is 0 Å². The molecule has 3 aromatic rings. The number of ether oxygens (including phenoxy) is 2. The van der Waals surface area contributed by atoms with Crippen LogP contribution in [0.15, 0.2) is 30.3 Å². The molecular formula is C21H23ClN2O3S. The third kappa shape index (κ3) is 4.75. The fourth-order valence-corrected chi connectivity index (χ4v) is 3.84. The van der Waals surface area contributed by atoms with E-state index in [0.717, 1.165) is 27.1 Å². The van der Waals surface area contributed by atoms with Crippen LogP contribution >= 0.6 is 22.9 Å². The molecule has 148 valence electrons. The molecule has 5 nitrogen and oxygen atoms in total. The molecule has 0 aliphatic carbocycles. The van der Waals surface area contributed by atoms with E-state index in [1.807, 2.05) is 44.2 Å². The average molecular weight is 419 g/mol. The minimum absolute atomic E-state index is 0.0963. The number of aryl methyl sites for hydroxylation is 1. The summed E-state index contributed by atoms with van der Waals surface area (Å²) in [4.78, 5) is 16.8. The summed E-state index contributed by atoms with van der Waals surface area (Å²) >= 11 is 7.62. The van der Waals surface area contributed by atoms with E-state index in [0.29, 0.717) is 22.5 Å². The van der Waals surface area contributed by atoms with Crippen molar-refractivity contribution in [3.63, 3.8) is 0 Å². The molecule has 0 aliphatic heterocycles. The number of fused-ring (bicyclic) bond motifs is 1. The van der Waals surface area contributed by atoms with Crippen molar-refractivity contribution in [2.45, 2.75) is 33.6 Å². The van der Waals surface area contributed by atoms with Gasteiger partial charge in [0.15, 0.2) is 11.7 Å². The number of rotatable bonds is 7. The highest BCUT2D eigenvalue weighted by Gasteiger charge is 2.14. The third-order valence-corrected chi connectivity index (χ3v) is 5.53. The molecule has 7 heteroatoms. The second-order valence-electron chi connectivity index (χ2n) is 6.71. The number of anilines is 1. The van der Waals surface area contributed by atoms with Gasteiger partial charge in [0.05, 0.1) is 16.8 Å². The van der Waals surface area contributed by atoms with Crippen LogP contribution in [0.3, 0.4) is 0 Å². The number of carbonyl (C=O) groups is 1. The number of thiazole rings is 1. The molecule has 1 aromatic heterocycles. The molecule has 2 aromatic carbocycles. The first-order valence-corrected chi connectivity index (χ1v) is 10.3. The number of carbonyl (C=O) groups excluding carboxylic acids is 1. The predicted molar refractivity (Wildman–Crippen MR) is 115 cm³/mol. The van der Waals surface area contributed by atoms with Crippen LogP contribution in [0.2, 0.25) is 5.02 Å². The molecule has 0 fully saturated rings. The molecule has 0 aliphatic rings. The number of hydrogen-bond donors (Lipinski definition) is 1. The average Bonchev–Trinajstić information content (AvgIpc) is 3.03. The Hall–Kier alpha value is -2.31. The van der Waals surface area contributed by atoms with Gasteiger partial charge in [-0.05, 0) is 61.2 Å². The van der Waals surface area contributed by atoms with Crippen LogP contribution in [0.4, 0.5) is 5.13 Å².